The molecule has 0 aliphatic carbocycles. The molecular weight excluding hydrogens is 504 g/mol. The third-order valence-electron chi connectivity index (χ3n) is 7.39. The van der Waals surface area contributed by atoms with Crippen LogP contribution in [-0.4, -0.2) is 30.7 Å². The summed E-state index contributed by atoms with van der Waals surface area (Å²) < 4.78 is 5.38. The Kier molecular flexibility index (Phi) is 9.53. The van der Waals surface area contributed by atoms with Crippen LogP contribution in [0, 0.1) is 0 Å². The molecule has 0 unspecified atom stereocenters. The number of H-pyrrole nitrogens is 2. The van der Waals surface area contributed by atoms with Crippen LogP contribution < -0.4 is 15.4 Å². The molecule has 0 amide bonds. The highest BCUT2D eigenvalue weighted by Gasteiger charge is 2.07. The number of hydrogen-bond acceptors (Lipinski definition) is 3. The smallest absolute Gasteiger partial charge is 0.119 e. The van der Waals surface area contributed by atoms with E-state index < -0.39 is 0 Å². The highest BCUT2D eigenvalue weighted by molar-refractivity contribution is 5.80. The molecule has 0 aliphatic heterocycles. The van der Waals surface area contributed by atoms with E-state index in [1.54, 1.807) is 7.11 Å². The molecule has 41 heavy (non-hydrogen) atoms. The second kappa shape index (κ2) is 13.8. The molecular formula is C36H40N4O. The first-order valence-corrected chi connectivity index (χ1v) is 14.4. The number of ether oxygens (including phenoxy) is 1. The normalized spacial score (nSPS) is 11.0. The van der Waals surface area contributed by atoms with Crippen molar-refractivity contribution in [2.24, 2.45) is 0 Å². The molecule has 5 heteroatoms. The maximum atomic E-state index is 5.38. The molecule has 0 radical (unpaired) electrons. The average Bonchev–Trinajstić information content (AvgIpc) is 3.66. The first-order valence-electron chi connectivity index (χ1n) is 14.4. The van der Waals surface area contributed by atoms with Crippen LogP contribution in [0.3, 0.4) is 0 Å². The molecule has 0 saturated carbocycles. The third kappa shape index (κ3) is 7.46. The van der Waals surface area contributed by atoms with E-state index in [4.69, 9.17) is 4.74 Å². The lowest BCUT2D eigenvalue weighted by Gasteiger charge is -2.12. The van der Waals surface area contributed by atoms with Gasteiger partial charge in [-0.15, -0.1) is 0 Å². The highest BCUT2D eigenvalue weighted by atomic mass is 16.5. The quantitative estimate of drug-likeness (QED) is 0.146. The standard InChI is InChI=1S/C19H22N2O.C17H18N2/c1-3-20-13-16-5-6-18(22-2)12-17(16)11-14-4-7-19-15(10-14)8-9-21-19;1-18-12-15-4-2-3-13(10-15)9-14-5-6-17-16(11-14)7-8-19-17/h4-10,12,20-21H,3,11,13H2,1-2H3;2-8,10-11,18-19H,9,12H2,1H3. The summed E-state index contributed by atoms with van der Waals surface area (Å²) in [5.74, 6) is 0.915. The van der Waals surface area contributed by atoms with Crippen LogP contribution in [0.5, 0.6) is 5.75 Å². The Labute approximate surface area is 243 Å². The Hall–Kier alpha value is -4.32. The van der Waals surface area contributed by atoms with Crippen LogP contribution in [0.1, 0.15) is 40.3 Å². The van der Waals surface area contributed by atoms with Crippen LogP contribution >= 0.6 is 0 Å². The fourth-order valence-corrected chi connectivity index (χ4v) is 5.26. The predicted molar refractivity (Wildman–Crippen MR) is 172 cm³/mol. The fraction of sp³-hybridized carbons (Fsp3) is 0.222. The lowest BCUT2D eigenvalue weighted by molar-refractivity contribution is 0.414. The zero-order valence-corrected chi connectivity index (χ0v) is 24.3. The third-order valence-corrected chi connectivity index (χ3v) is 7.39. The minimum Gasteiger partial charge on any atom is -0.497 e. The van der Waals surface area contributed by atoms with Crippen molar-refractivity contribution in [3.05, 3.63) is 137 Å². The lowest BCUT2D eigenvalue weighted by atomic mass is 9.98. The molecule has 0 aliphatic rings. The minimum atomic E-state index is 0.891. The Bertz CT molecular complexity index is 1700. The molecule has 0 fully saturated rings. The van der Waals surface area contributed by atoms with Crippen LogP contribution in [0.15, 0.2) is 103 Å². The van der Waals surface area contributed by atoms with Gasteiger partial charge in [-0.2, -0.15) is 0 Å². The van der Waals surface area contributed by atoms with Gasteiger partial charge < -0.3 is 25.3 Å². The molecule has 0 bridgehead atoms. The van der Waals surface area contributed by atoms with Crippen molar-refractivity contribution in [1.82, 2.24) is 20.6 Å². The molecule has 5 nitrogen and oxygen atoms in total. The first-order chi connectivity index (χ1) is 20.1. The SMILES string of the molecule is CCNCc1ccc(OC)cc1Cc1ccc2[nH]ccc2c1.CNCc1cccc(Cc2ccc3[nH]ccc3c2)c1. The maximum absolute atomic E-state index is 5.38. The highest BCUT2D eigenvalue weighted by Crippen LogP contribution is 2.23. The summed E-state index contributed by atoms with van der Waals surface area (Å²) in [5.41, 5.74) is 10.4. The van der Waals surface area contributed by atoms with Crippen LogP contribution in [0.2, 0.25) is 0 Å². The molecule has 0 spiro atoms. The first kappa shape index (κ1) is 28.2. The van der Waals surface area contributed by atoms with Gasteiger partial charge in [0.05, 0.1) is 7.11 Å². The van der Waals surface area contributed by atoms with Gasteiger partial charge >= 0.3 is 0 Å². The zero-order chi connectivity index (χ0) is 28.4. The Morgan fingerprint density at radius 3 is 1.95 bits per heavy atom. The Morgan fingerprint density at radius 1 is 0.634 bits per heavy atom. The van der Waals surface area contributed by atoms with E-state index in [9.17, 15) is 0 Å². The summed E-state index contributed by atoms with van der Waals surface area (Å²) in [5, 5.41) is 9.14. The van der Waals surface area contributed by atoms with Gasteiger partial charge in [0.2, 0.25) is 0 Å². The largest absolute Gasteiger partial charge is 0.497 e. The topological polar surface area (TPSA) is 64.9 Å². The number of hydrogen-bond donors (Lipinski definition) is 4. The van der Waals surface area contributed by atoms with Gasteiger partial charge in [-0.05, 0) is 119 Å². The molecule has 2 heterocycles. The number of rotatable bonds is 10. The predicted octanol–water partition coefficient (Wildman–Crippen LogP) is 7.35. The second-order valence-electron chi connectivity index (χ2n) is 10.4. The lowest BCUT2D eigenvalue weighted by Crippen LogP contribution is -2.13. The van der Waals surface area contributed by atoms with E-state index in [1.165, 1.54) is 55.2 Å². The maximum Gasteiger partial charge on any atom is 0.119 e. The molecule has 4 aromatic carbocycles. The van der Waals surface area contributed by atoms with Gasteiger partial charge in [-0.1, -0.05) is 49.4 Å². The van der Waals surface area contributed by atoms with Crippen molar-refractivity contribution in [3.63, 3.8) is 0 Å². The number of methoxy groups -OCH3 is 1. The molecule has 0 saturated heterocycles. The molecule has 210 valence electrons. The molecule has 6 aromatic rings. The van der Waals surface area contributed by atoms with Crippen molar-refractivity contribution in [2.75, 3.05) is 20.7 Å². The van der Waals surface area contributed by atoms with Crippen molar-refractivity contribution in [1.29, 1.82) is 0 Å². The van der Waals surface area contributed by atoms with E-state index >= 15 is 0 Å². The molecule has 0 atom stereocenters. The molecule has 4 N–H and O–H groups in total. The van der Waals surface area contributed by atoms with Crippen LogP contribution in [0.25, 0.3) is 21.8 Å². The summed E-state index contributed by atoms with van der Waals surface area (Å²) >= 11 is 0. The minimum absolute atomic E-state index is 0.891. The van der Waals surface area contributed by atoms with Crippen LogP contribution in [0.4, 0.5) is 0 Å². The summed E-state index contributed by atoms with van der Waals surface area (Å²) in [4.78, 5) is 6.47. The number of aromatic nitrogens is 2. The van der Waals surface area contributed by atoms with E-state index in [-0.39, 0.29) is 0 Å². The summed E-state index contributed by atoms with van der Waals surface area (Å²) in [6.07, 6.45) is 5.87. The average molecular weight is 545 g/mol. The monoisotopic (exact) mass is 544 g/mol. The molecule has 2 aromatic heterocycles. The Balaban J connectivity index is 0.000000166. The zero-order valence-electron chi connectivity index (χ0n) is 24.3. The molecule has 6 rings (SSSR count). The summed E-state index contributed by atoms with van der Waals surface area (Å²) in [6, 6.07) is 32.5. The number of nitrogens with one attached hydrogen (secondary N) is 4. The second-order valence-corrected chi connectivity index (χ2v) is 10.4. The van der Waals surface area contributed by atoms with Gasteiger partial charge in [0.15, 0.2) is 0 Å². The summed E-state index contributed by atoms with van der Waals surface area (Å²) in [6.45, 7) is 4.91. The van der Waals surface area contributed by atoms with Gasteiger partial charge in [-0.25, -0.2) is 0 Å². The van der Waals surface area contributed by atoms with Gasteiger partial charge in [-0.3, -0.25) is 0 Å². The number of benzene rings is 4. The van der Waals surface area contributed by atoms with Gasteiger partial charge in [0.25, 0.3) is 0 Å². The van der Waals surface area contributed by atoms with Crippen molar-refractivity contribution < 1.29 is 4.74 Å². The van der Waals surface area contributed by atoms with Crippen molar-refractivity contribution in [2.45, 2.75) is 32.9 Å². The van der Waals surface area contributed by atoms with E-state index in [2.05, 4.69) is 112 Å². The van der Waals surface area contributed by atoms with Gasteiger partial charge in [0, 0.05) is 36.5 Å². The van der Waals surface area contributed by atoms with E-state index in [1.807, 2.05) is 25.5 Å². The van der Waals surface area contributed by atoms with Crippen LogP contribution in [-0.2, 0) is 25.9 Å². The van der Waals surface area contributed by atoms with Crippen molar-refractivity contribution >= 4 is 21.8 Å². The van der Waals surface area contributed by atoms with E-state index in [0.717, 1.165) is 38.2 Å². The van der Waals surface area contributed by atoms with Crippen molar-refractivity contribution in [3.8, 4) is 5.75 Å². The van der Waals surface area contributed by atoms with E-state index in [0.29, 0.717) is 0 Å². The summed E-state index contributed by atoms with van der Waals surface area (Å²) in [7, 11) is 3.70. The number of aromatic amines is 2. The fourth-order valence-electron chi connectivity index (χ4n) is 5.26. The number of fused-ring (bicyclic) bond motifs is 2. The van der Waals surface area contributed by atoms with Gasteiger partial charge in [0.1, 0.15) is 5.75 Å². The Morgan fingerprint density at radius 2 is 1.29 bits per heavy atom.